The third-order valence-corrected chi connectivity index (χ3v) is 0. The fourth-order valence-corrected chi connectivity index (χ4v) is 0. The minimum absolute atomic E-state index is 0. The van der Waals surface area contributed by atoms with Crippen LogP contribution in [0, 0.1) is 14.4 Å². The van der Waals surface area contributed by atoms with E-state index in [4.69, 9.17) is 0 Å². The molecule has 0 spiro atoms. The monoisotopic (exact) mass is 161 g/mol. The molecule has 5 heavy (non-hydrogen) atoms. The third kappa shape index (κ3) is 81.9. The molecular weight excluding hydrogens is 151 g/mol. The molecule has 1 radical (unpaired) electrons. The molecule has 0 aromatic rings. The van der Waals surface area contributed by atoms with Crippen molar-refractivity contribution in [2.75, 3.05) is 0 Å². The number of rotatable bonds is 0. The first-order valence-electron chi connectivity index (χ1n) is 1.21. The molecule has 0 rings (SSSR count). The molecule has 1 heteroatoms. The van der Waals surface area contributed by atoms with Crippen LogP contribution in [0.25, 0.3) is 0 Å². The van der Waals surface area contributed by atoms with E-state index in [-0.39, 0.29) is 26.9 Å². The molecule has 0 nitrogen and oxygen atoms in total. The van der Waals surface area contributed by atoms with Gasteiger partial charge in [0.25, 0.3) is 0 Å². The van der Waals surface area contributed by atoms with Crippen LogP contribution in [0.2, 0.25) is 0 Å². The first kappa shape index (κ1) is 17.5. The molecule has 0 aliphatic rings. The summed E-state index contributed by atoms with van der Waals surface area (Å²) in [4.78, 5) is 0. The molecule has 0 aromatic carbocycles. The zero-order valence-electron chi connectivity index (χ0n) is 3.75. The molecule has 0 heterocycles. The van der Waals surface area contributed by atoms with Crippen molar-refractivity contribution < 1.29 is 19.5 Å². The maximum Gasteiger partial charge on any atom is 2.00 e. The quantitative estimate of drug-likeness (QED) is 0.374. The minimum Gasteiger partial charge on any atom is -0.358 e. The van der Waals surface area contributed by atoms with E-state index in [9.17, 15) is 0 Å². The van der Waals surface area contributed by atoms with Gasteiger partial charge in [-0.25, -0.2) is 0 Å². The summed E-state index contributed by atoms with van der Waals surface area (Å²) in [6.45, 7) is 5.50. The summed E-state index contributed by atoms with van der Waals surface area (Å²) in [5, 5.41) is 0. The molecule has 0 bridgehead atoms. The molecule has 0 atom stereocenters. The Hall–Kier alpha value is 0.623. The zero-order valence-corrected chi connectivity index (χ0v) is 5.39. The second kappa shape index (κ2) is 23.0. The summed E-state index contributed by atoms with van der Waals surface area (Å²) in [6, 6.07) is 0. The minimum atomic E-state index is 0. The third-order valence-electron chi connectivity index (χ3n) is 0. The standard InChI is InChI=1S/C3H7.CH3.Rh/c1-3-2;;/h1,3H2,2H3;1H3;/q2*-1;+2. The van der Waals surface area contributed by atoms with E-state index in [0.717, 1.165) is 6.42 Å². The van der Waals surface area contributed by atoms with Gasteiger partial charge in [0, 0.05) is 0 Å². The Kier molecular flexibility index (Phi) is 80.5. The molecule has 0 amide bonds. The van der Waals surface area contributed by atoms with Crippen molar-refractivity contribution in [2.24, 2.45) is 0 Å². The van der Waals surface area contributed by atoms with E-state index >= 15 is 0 Å². The molecule has 35 valence electrons. The predicted octanol–water partition coefficient (Wildman–Crippen LogP) is 1.68. The van der Waals surface area contributed by atoms with Gasteiger partial charge in [-0.1, -0.05) is 6.92 Å². The first-order valence-corrected chi connectivity index (χ1v) is 1.21. The van der Waals surface area contributed by atoms with Gasteiger partial charge in [-0.15, -0.1) is 0 Å². The molecule has 0 saturated carbocycles. The summed E-state index contributed by atoms with van der Waals surface area (Å²) < 4.78 is 0. The van der Waals surface area contributed by atoms with Gasteiger partial charge in [0.15, 0.2) is 0 Å². The summed E-state index contributed by atoms with van der Waals surface area (Å²) in [6.07, 6.45) is 1.00. The van der Waals surface area contributed by atoms with E-state index in [2.05, 4.69) is 6.92 Å². The van der Waals surface area contributed by atoms with Crippen molar-refractivity contribution >= 4 is 0 Å². The molecule has 0 unspecified atom stereocenters. The normalized spacial score (nSPS) is 3.60. The number of hydrogen-bond acceptors (Lipinski definition) is 0. The maximum atomic E-state index is 3.49. The van der Waals surface area contributed by atoms with Crippen molar-refractivity contribution in [1.29, 1.82) is 0 Å². The fourth-order valence-electron chi connectivity index (χ4n) is 0. The van der Waals surface area contributed by atoms with Crippen molar-refractivity contribution in [3.8, 4) is 0 Å². The molecule has 0 saturated heterocycles. The van der Waals surface area contributed by atoms with Crippen LogP contribution in [0.3, 0.4) is 0 Å². The Labute approximate surface area is 47.7 Å². The Morgan fingerprint density at radius 3 is 1.60 bits per heavy atom. The Bertz CT molecular complexity index is 3.61. The summed E-state index contributed by atoms with van der Waals surface area (Å²) >= 11 is 0. The second-order valence-corrected chi connectivity index (χ2v) is 0.500. The van der Waals surface area contributed by atoms with Gasteiger partial charge in [-0.2, -0.15) is 6.42 Å². The van der Waals surface area contributed by atoms with E-state index in [1.165, 1.54) is 0 Å². The van der Waals surface area contributed by atoms with E-state index in [1.807, 2.05) is 6.92 Å². The van der Waals surface area contributed by atoms with Crippen molar-refractivity contribution in [3.63, 3.8) is 0 Å². The van der Waals surface area contributed by atoms with Crippen LogP contribution < -0.4 is 0 Å². The van der Waals surface area contributed by atoms with E-state index in [0.29, 0.717) is 0 Å². The van der Waals surface area contributed by atoms with Crippen molar-refractivity contribution in [1.82, 2.24) is 0 Å². The zero-order chi connectivity index (χ0) is 2.71. The van der Waals surface area contributed by atoms with Crippen LogP contribution in [0.5, 0.6) is 0 Å². The maximum absolute atomic E-state index is 3.49. The van der Waals surface area contributed by atoms with Crippen LogP contribution in [-0.2, 0) is 19.5 Å². The van der Waals surface area contributed by atoms with Crippen molar-refractivity contribution in [2.45, 2.75) is 13.3 Å². The predicted molar refractivity (Wildman–Crippen MR) is 22.1 cm³/mol. The Morgan fingerprint density at radius 1 is 1.60 bits per heavy atom. The van der Waals surface area contributed by atoms with Gasteiger partial charge in [0.2, 0.25) is 0 Å². The molecular formula is C4H10Rh. The molecule has 0 aliphatic heterocycles. The summed E-state index contributed by atoms with van der Waals surface area (Å²) in [5.41, 5.74) is 0. The van der Waals surface area contributed by atoms with Crippen LogP contribution in [-0.4, -0.2) is 0 Å². The van der Waals surface area contributed by atoms with Crippen LogP contribution in [0.15, 0.2) is 0 Å². The smallest absolute Gasteiger partial charge is 0.358 e. The largest absolute Gasteiger partial charge is 2.00 e. The molecule has 0 aromatic heterocycles. The van der Waals surface area contributed by atoms with Crippen LogP contribution >= 0.6 is 0 Å². The first-order chi connectivity index (χ1) is 1.41. The fraction of sp³-hybridized carbons (Fsp3) is 0.500. The van der Waals surface area contributed by atoms with Crippen LogP contribution in [0.1, 0.15) is 13.3 Å². The van der Waals surface area contributed by atoms with Gasteiger partial charge >= 0.3 is 19.5 Å². The number of hydrogen-bond donors (Lipinski definition) is 0. The SMILES string of the molecule is [CH2-]CC.[CH3-].[Rh+2]. The van der Waals surface area contributed by atoms with Crippen molar-refractivity contribution in [3.05, 3.63) is 14.4 Å². The average Bonchev–Trinajstić information content (AvgIpc) is 0.918. The summed E-state index contributed by atoms with van der Waals surface area (Å²) in [5.74, 6) is 0. The van der Waals surface area contributed by atoms with Crippen LogP contribution in [0.4, 0.5) is 0 Å². The van der Waals surface area contributed by atoms with Gasteiger partial charge in [0.1, 0.15) is 0 Å². The van der Waals surface area contributed by atoms with Gasteiger partial charge in [-0.3, -0.25) is 0 Å². The Balaban J connectivity index is -0.0000000200. The summed E-state index contributed by atoms with van der Waals surface area (Å²) in [7, 11) is 0. The Morgan fingerprint density at radius 2 is 1.60 bits per heavy atom. The molecule has 0 N–H and O–H groups in total. The average molecular weight is 161 g/mol. The topological polar surface area (TPSA) is 0 Å². The molecule has 0 aliphatic carbocycles. The van der Waals surface area contributed by atoms with Gasteiger partial charge in [-0.05, 0) is 0 Å². The second-order valence-electron chi connectivity index (χ2n) is 0.500. The van der Waals surface area contributed by atoms with Gasteiger partial charge in [0.05, 0.1) is 0 Å². The van der Waals surface area contributed by atoms with Gasteiger partial charge < -0.3 is 14.4 Å². The van der Waals surface area contributed by atoms with E-state index < -0.39 is 0 Å². The molecule has 0 fully saturated rings. The van der Waals surface area contributed by atoms with E-state index in [1.54, 1.807) is 0 Å².